The van der Waals surface area contributed by atoms with Crippen LogP contribution in [0.1, 0.15) is 66.6 Å². The maximum absolute atomic E-state index is 7.08. The lowest BCUT2D eigenvalue weighted by Gasteiger charge is -2.38. The lowest BCUT2D eigenvalue weighted by molar-refractivity contribution is 0.160. The second kappa shape index (κ2) is 11.3. The molecule has 0 aromatic heterocycles. The summed E-state index contributed by atoms with van der Waals surface area (Å²) >= 11 is 0. The average molecular weight is 470 g/mol. The normalized spacial score (nSPS) is 16.5. The van der Waals surface area contributed by atoms with Crippen LogP contribution in [0.4, 0.5) is 5.69 Å². The number of ether oxygens (including phenoxy) is 2. The number of nitrogens with one attached hydrogen (secondary N) is 1. The summed E-state index contributed by atoms with van der Waals surface area (Å²) in [6.45, 7) is 15.5. The van der Waals surface area contributed by atoms with Crippen molar-refractivity contribution in [2.24, 2.45) is 0 Å². The van der Waals surface area contributed by atoms with E-state index in [4.69, 9.17) is 9.47 Å². The van der Waals surface area contributed by atoms with E-state index in [1.165, 1.54) is 16.7 Å². The van der Waals surface area contributed by atoms with E-state index >= 15 is 0 Å². The fraction of sp³-hybridized carbons (Fsp3) is 0.312. The van der Waals surface area contributed by atoms with Crippen LogP contribution in [-0.2, 0) is 10.3 Å². The third-order valence-electron chi connectivity index (χ3n) is 6.74. The molecule has 1 unspecified atom stereocenters. The van der Waals surface area contributed by atoms with Gasteiger partial charge in [-0.3, -0.25) is 0 Å². The maximum atomic E-state index is 7.08. The monoisotopic (exact) mass is 469 g/mol. The number of anilines is 1. The quantitative estimate of drug-likeness (QED) is 0.367. The van der Waals surface area contributed by atoms with Gasteiger partial charge in [0.1, 0.15) is 5.75 Å². The van der Waals surface area contributed by atoms with E-state index in [2.05, 4.69) is 99.8 Å². The van der Waals surface area contributed by atoms with Crippen LogP contribution in [0.3, 0.4) is 0 Å². The highest BCUT2D eigenvalue weighted by atomic mass is 16.5. The topological polar surface area (TPSA) is 30.5 Å². The maximum Gasteiger partial charge on any atom is 0.178 e. The van der Waals surface area contributed by atoms with E-state index in [-0.39, 0.29) is 0 Å². The first-order chi connectivity index (χ1) is 16.9. The number of hydrogen-bond donors (Lipinski definition) is 1. The van der Waals surface area contributed by atoms with E-state index < -0.39 is 5.60 Å². The van der Waals surface area contributed by atoms with Gasteiger partial charge in [0, 0.05) is 34.5 Å². The Morgan fingerprint density at radius 2 is 1.54 bits per heavy atom. The van der Waals surface area contributed by atoms with Crippen molar-refractivity contribution in [1.29, 1.82) is 0 Å². The zero-order chi connectivity index (χ0) is 25.6. The van der Waals surface area contributed by atoms with Crippen molar-refractivity contribution in [3.8, 4) is 5.75 Å². The van der Waals surface area contributed by atoms with Crippen LogP contribution in [0, 0.1) is 20.8 Å². The molecule has 0 saturated carbocycles. The van der Waals surface area contributed by atoms with Gasteiger partial charge in [0.25, 0.3) is 0 Å². The molecule has 4 rings (SSSR count). The van der Waals surface area contributed by atoms with Gasteiger partial charge in [-0.1, -0.05) is 62.4 Å². The number of allylic oxidation sites excluding steroid dienone is 1. The molecule has 1 aliphatic rings. The fourth-order valence-corrected chi connectivity index (χ4v) is 4.52. The summed E-state index contributed by atoms with van der Waals surface area (Å²) in [4.78, 5) is 0. The summed E-state index contributed by atoms with van der Waals surface area (Å²) in [7, 11) is 1.70. The van der Waals surface area contributed by atoms with Gasteiger partial charge in [0.05, 0.1) is 12.9 Å². The third-order valence-corrected chi connectivity index (χ3v) is 6.74. The smallest absolute Gasteiger partial charge is 0.178 e. The Bertz CT molecular complexity index is 1210. The highest BCUT2D eigenvalue weighted by molar-refractivity contribution is 5.77. The van der Waals surface area contributed by atoms with Crippen LogP contribution in [0.5, 0.6) is 5.75 Å². The van der Waals surface area contributed by atoms with E-state index in [9.17, 15) is 0 Å². The summed E-state index contributed by atoms with van der Waals surface area (Å²) in [5, 5.41) is 3.38. The van der Waals surface area contributed by atoms with E-state index in [0.29, 0.717) is 0 Å². The summed E-state index contributed by atoms with van der Waals surface area (Å²) in [5.74, 6) is 1.75. The summed E-state index contributed by atoms with van der Waals surface area (Å²) < 4.78 is 12.6. The van der Waals surface area contributed by atoms with Gasteiger partial charge in [0.15, 0.2) is 5.60 Å². The molecule has 0 fully saturated rings. The number of rotatable bonds is 6. The second-order valence-electron chi connectivity index (χ2n) is 8.64. The Morgan fingerprint density at radius 3 is 2.14 bits per heavy atom. The highest BCUT2D eigenvalue weighted by Crippen LogP contribution is 2.47. The van der Waals surface area contributed by atoms with E-state index in [0.717, 1.165) is 46.0 Å². The van der Waals surface area contributed by atoms with E-state index in [1.54, 1.807) is 7.11 Å². The largest absolute Gasteiger partial charge is 0.501 e. The van der Waals surface area contributed by atoms with Crippen LogP contribution >= 0.6 is 0 Å². The molecule has 1 aliphatic heterocycles. The van der Waals surface area contributed by atoms with Gasteiger partial charge in [-0.2, -0.15) is 0 Å². The minimum absolute atomic E-state index is 0.725. The third kappa shape index (κ3) is 5.00. The second-order valence-corrected chi connectivity index (χ2v) is 8.64. The summed E-state index contributed by atoms with van der Waals surface area (Å²) in [6.07, 6.45) is 6.51. The van der Waals surface area contributed by atoms with Crippen molar-refractivity contribution in [3.05, 3.63) is 105 Å². The van der Waals surface area contributed by atoms with Crippen LogP contribution in [0.25, 0.3) is 12.2 Å². The van der Waals surface area contributed by atoms with Crippen LogP contribution in [-0.4, -0.2) is 13.7 Å². The molecule has 0 aliphatic carbocycles. The average Bonchev–Trinajstić information content (AvgIpc) is 2.91. The Labute approximate surface area is 211 Å². The van der Waals surface area contributed by atoms with Crippen LogP contribution in [0.2, 0.25) is 0 Å². The number of hydrogen-bond acceptors (Lipinski definition) is 3. The molecular formula is C32H39NO2. The van der Waals surface area contributed by atoms with Crippen molar-refractivity contribution in [2.45, 2.75) is 54.1 Å². The molecule has 1 atom stereocenters. The Hall–Kier alpha value is -3.46. The molecule has 0 bridgehead atoms. The van der Waals surface area contributed by atoms with Crippen LogP contribution < -0.4 is 10.1 Å². The SMILES string of the molecule is CC.CCNc1ccc(C2(c3ccccc3)C=Cc3c(C)c(C)c(C)c(/C=C(\C)OC)c3O2)cc1. The predicted molar refractivity (Wildman–Crippen MR) is 150 cm³/mol. The molecule has 3 aromatic rings. The summed E-state index contributed by atoms with van der Waals surface area (Å²) in [5.41, 5.74) is 8.49. The van der Waals surface area contributed by atoms with Crippen molar-refractivity contribution in [3.63, 3.8) is 0 Å². The molecule has 0 radical (unpaired) electrons. The minimum Gasteiger partial charge on any atom is -0.501 e. The highest BCUT2D eigenvalue weighted by Gasteiger charge is 2.38. The first-order valence-electron chi connectivity index (χ1n) is 12.6. The lowest BCUT2D eigenvalue weighted by Crippen LogP contribution is -2.35. The Morgan fingerprint density at radius 1 is 0.914 bits per heavy atom. The van der Waals surface area contributed by atoms with Crippen molar-refractivity contribution in [2.75, 3.05) is 19.0 Å². The molecule has 184 valence electrons. The molecule has 3 heteroatoms. The van der Waals surface area contributed by atoms with Crippen molar-refractivity contribution < 1.29 is 9.47 Å². The fourth-order valence-electron chi connectivity index (χ4n) is 4.52. The number of fused-ring (bicyclic) bond motifs is 1. The van der Waals surface area contributed by atoms with Gasteiger partial charge in [-0.15, -0.1) is 0 Å². The van der Waals surface area contributed by atoms with Gasteiger partial charge >= 0.3 is 0 Å². The Balaban J connectivity index is 0.00000167. The molecule has 3 nitrogen and oxygen atoms in total. The molecule has 35 heavy (non-hydrogen) atoms. The van der Waals surface area contributed by atoms with Crippen molar-refractivity contribution in [1.82, 2.24) is 0 Å². The zero-order valence-corrected chi connectivity index (χ0v) is 22.5. The van der Waals surface area contributed by atoms with Gasteiger partial charge in [-0.05, 0) is 75.6 Å². The van der Waals surface area contributed by atoms with Crippen LogP contribution in [0.15, 0.2) is 66.4 Å². The minimum atomic E-state index is -0.725. The zero-order valence-electron chi connectivity index (χ0n) is 22.5. The lowest BCUT2D eigenvalue weighted by atomic mass is 9.81. The summed E-state index contributed by atoms with van der Waals surface area (Å²) in [6, 6.07) is 19.0. The first kappa shape index (κ1) is 26.2. The molecule has 3 aromatic carbocycles. The van der Waals surface area contributed by atoms with E-state index in [1.807, 2.05) is 26.8 Å². The number of methoxy groups -OCH3 is 1. The van der Waals surface area contributed by atoms with Crippen molar-refractivity contribution >= 4 is 17.8 Å². The molecule has 0 saturated heterocycles. The first-order valence-corrected chi connectivity index (χ1v) is 12.6. The van der Waals surface area contributed by atoms with Gasteiger partial charge in [0.2, 0.25) is 0 Å². The molecule has 1 N–H and O–H groups in total. The standard InChI is InChI=1S/C30H33NO2.C2H6/c1-7-31-26-15-13-25(14-16-26)30(24-11-9-8-10-12-24)18-17-27-22(4)21(3)23(5)28(29(27)33-30)19-20(2)32-6;1-2/h8-19,31H,7H2,1-6H3;1-2H3/b20-19+;. The molecular weight excluding hydrogens is 430 g/mol. The molecule has 0 amide bonds. The Kier molecular flexibility index (Phi) is 8.45. The predicted octanol–water partition coefficient (Wildman–Crippen LogP) is 8.43. The molecule has 0 spiro atoms. The molecule has 1 heterocycles. The van der Waals surface area contributed by atoms with Gasteiger partial charge in [-0.25, -0.2) is 0 Å². The number of benzene rings is 3. The van der Waals surface area contributed by atoms with Gasteiger partial charge < -0.3 is 14.8 Å².